The van der Waals surface area contributed by atoms with Gasteiger partial charge in [-0.15, -0.1) is 0 Å². The first-order chi connectivity index (χ1) is 7.56. The summed E-state index contributed by atoms with van der Waals surface area (Å²) in [5, 5.41) is 1.94. The van der Waals surface area contributed by atoms with Crippen molar-refractivity contribution in [2.75, 3.05) is 5.75 Å². The fourth-order valence-electron chi connectivity index (χ4n) is 1.61. The highest BCUT2D eigenvalue weighted by atomic mass is 32.2. The Morgan fingerprint density at radius 3 is 2.69 bits per heavy atom. The van der Waals surface area contributed by atoms with Crippen LogP contribution >= 0.6 is 0 Å². The van der Waals surface area contributed by atoms with E-state index in [1.807, 2.05) is 30.3 Å². The van der Waals surface area contributed by atoms with Gasteiger partial charge in [0.25, 0.3) is 10.1 Å². The molecule has 84 valence electrons. The molecule has 1 aromatic carbocycles. The van der Waals surface area contributed by atoms with Crippen molar-refractivity contribution in [3.63, 3.8) is 0 Å². The summed E-state index contributed by atoms with van der Waals surface area (Å²) in [5.74, 6) is -0.298. The van der Waals surface area contributed by atoms with Gasteiger partial charge in [-0.2, -0.15) is 8.42 Å². The van der Waals surface area contributed by atoms with Crippen LogP contribution in [0.3, 0.4) is 0 Å². The predicted octanol–water partition coefficient (Wildman–Crippen LogP) is 1.67. The molecule has 0 fully saturated rings. The number of benzene rings is 1. The van der Waals surface area contributed by atoms with Gasteiger partial charge in [-0.25, -0.2) is 0 Å². The van der Waals surface area contributed by atoms with Gasteiger partial charge >= 0.3 is 0 Å². The Balaban J connectivity index is 2.38. The number of hydrogen-bond acceptors (Lipinski definition) is 3. The normalized spacial score (nSPS) is 11.8. The molecule has 0 saturated carbocycles. The molecule has 0 atom stereocenters. The minimum Gasteiger partial charge on any atom is -0.286 e. The fourth-order valence-corrected chi connectivity index (χ4v) is 2.06. The van der Waals surface area contributed by atoms with Crippen molar-refractivity contribution >= 4 is 20.9 Å². The zero-order valence-electron chi connectivity index (χ0n) is 8.50. The van der Waals surface area contributed by atoms with Crippen LogP contribution in [0.4, 0.5) is 0 Å². The van der Waals surface area contributed by atoms with E-state index in [-0.39, 0.29) is 12.2 Å². The van der Waals surface area contributed by atoms with Crippen molar-refractivity contribution < 1.29 is 13.0 Å². The Morgan fingerprint density at radius 2 is 1.94 bits per heavy atom. The van der Waals surface area contributed by atoms with Crippen LogP contribution in [0, 0.1) is 0 Å². The topological polar surface area (TPSA) is 67.3 Å². The molecule has 16 heavy (non-hydrogen) atoms. The first-order valence-electron chi connectivity index (χ1n) is 4.84. The maximum atomic E-state index is 10.7. The summed E-state index contributed by atoms with van der Waals surface area (Å²) < 4.78 is 30.0. The van der Waals surface area contributed by atoms with E-state index < -0.39 is 10.1 Å². The summed E-state index contributed by atoms with van der Waals surface area (Å²) in [6.07, 6.45) is 1.86. The molecule has 0 spiro atoms. The smallest absolute Gasteiger partial charge is 0.265 e. The Labute approximate surface area is 93.7 Å². The molecule has 0 amide bonds. The molecule has 4 nitrogen and oxygen atoms in total. The molecule has 0 unspecified atom stereocenters. The van der Waals surface area contributed by atoms with Crippen LogP contribution in [0.5, 0.6) is 0 Å². The fraction of sp³-hybridized carbons (Fsp3) is 0.182. The van der Waals surface area contributed by atoms with Crippen LogP contribution in [-0.4, -0.2) is 23.7 Å². The Hall–Kier alpha value is -1.46. The first-order valence-corrected chi connectivity index (χ1v) is 6.45. The average Bonchev–Trinajstić information content (AvgIpc) is 2.25. The lowest BCUT2D eigenvalue weighted by Gasteiger charge is -2.03. The first kappa shape index (κ1) is 11.0. The molecule has 0 aliphatic rings. The molecule has 1 heterocycles. The van der Waals surface area contributed by atoms with Crippen molar-refractivity contribution in [2.24, 2.45) is 0 Å². The van der Waals surface area contributed by atoms with E-state index >= 15 is 0 Å². The zero-order valence-corrected chi connectivity index (χ0v) is 9.31. The number of fused-ring (bicyclic) bond motifs is 1. The highest BCUT2D eigenvalue weighted by molar-refractivity contribution is 7.85. The van der Waals surface area contributed by atoms with Gasteiger partial charge in [0, 0.05) is 23.7 Å². The lowest BCUT2D eigenvalue weighted by Crippen LogP contribution is -2.07. The third-order valence-electron chi connectivity index (χ3n) is 2.35. The van der Waals surface area contributed by atoms with Crippen LogP contribution in [-0.2, 0) is 16.5 Å². The predicted molar refractivity (Wildman–Crippen MR) is 61.9 cm³/mol. The van der Waals surface area contributed by atoms with Gasteiger partial charge < -0.3 is 0 Å². The van der Waals surface area contributed by atoms with Crippen LogP contribution in [0.25, 0.3) is 10.8 Å². The van der Waals surface area contributed by atoms with Gasteiger partial charge in [-0.3, -0.25) is 9.54 Å². The van der Waals surface area contributed by atoms with Crippen LogP contribution in [0.2, 0.25) is 0 Å². The lowest BCUT2D eigenvalue weighted by atomic mass is 10.1. The Bertz CT molecular complexity index is 602. The monoisotopic (exact) mass is 237 g/mol. The highest BCUT2D eigenvalue weighted by Crippen LogP contribution is 2.16. The standard InChI is InChI=1S/C11H11NO3S/c13-16(14,15)8-6-11-10-4-2-1-3-9(10)5-7-12-11/h1-5,7H,6,8H2,(H,13,14,15). The quantitative estimate of drug-likeness (QED) is 0.824. The van der Waals surface area contributed by atoms with Crippen LogP contribution in [0.1, 0.15) is 5.69 Å². The van der Waals surface area contributed by atoms with E-state index in [9.17, 15) is 8.42 Å². The molecule has 0 radical (unpaired) electrons. The second-order valence-corrected chi connectivity index (χ2v) is 5.09. The maximum absolute atomic E-state index is 10.7. The average molecular weight is 237 g/mol. The summed E-state index contributed by atoms with van der Waals surface area (Å²) in [7, 11) is -3.93. The molecule has 1 N–H and O–H groups in total. The summed E-state index contributed by atoms with van der Waals surface area (Å²) in [4.78, 5) is 4.13. The molecule has 2 aromatic rings. The third-order valence-corrected chi connectivity index (χ3v) is 3.07. The molecule has 5 heteroatoms. The van der Waals surface area contributed by atoms with E-state index in [0.717, 1.165) is 10.8 Å². The lowest BCUT2D eigenvalue weighted by molar-refractivity contribution is 0.482. The molecule has 1 aromatic heterocycles. The zero-order chi connectivity index (χ0) is 11.6. The minimum absolute atomic E-state index is 0.222. The molecule has 0 saturated heterocycles. The highest BCUT2D eigenvalue weighted by Gasteiger charge is 2.08. The number of pyridine rings is 1. The summed E-state index contributed by atoms with van der Waals surface area (Å²) >= 11 is 0. The molecule has 2 rings (SSSR count). The molecule has 0 aliphatic carbocycles. The maximum Gasteiger partial charge on any atom is 0.265 e. The SMILES string of the molecule is O=S(=O)(O)CCc1nccc2ccccc12. The second kappa shape index (κ2) is 4.19. The van der Waals surface area contributed by atoms with Gasteiger partial charge in [0.2, 0.25) is 0 Å². The number of nitrogens with zero attached hydrogens (tertiary/aromatic N) is 1. The summed E-state index contributed by atoms with van der Waals surface area (Å²) in [6, 6.07) is 9.48. The van der Waals surface area contributed by atoms with Gasteiger partial charge in [-0.05, 0) is 11.5 Å². The largest absolute Gasteiger partial charge is 0.286 e. The van der Waals surface area contributed by atoms with Crippen LogP contribution in [0.15, 0.2) is 36.5 Å². The third kappa shape index (κ3) is 2.56. The summed E-state index contributed by atoms with van der Waals surface area (Å²) in [6.45, 7) is 0. The van der Waals surface area contributed by atoms with E-state index in [0.29, 0.717) is 5.69 Å². The summed E-state index contributed by atoms with van der Waals surface area (Å²) in [5.41, 5.74) is 0.690. The number of aryl methyl sites for hydroxylation is 1. The minimum atomic E-state index is -3.93. The van der Waals surface area contributed by atoms with Gasteiger partial charge in [-0.1, -0.05) is 24.3 Å². The van der Waals surface area contributed by atoms with Crippen LogP contribution < -0.4 is 0 Å². The van der Waals surface area contributed by atoms with E-state index in [1.165, 1.54) is 0 Å². The van der Waals surface area contributed by atoms with Gasteiger partial charge in [0.1, 0.15) is 0 Å². The van der Waals surface area contributed by atoms with E-state index in [1.54, 1.807) is 6.20 Å². The van der Waals surface area contributed by atoms with Gasteiger partial charge in [0.05, 0.1) is 5.75 Å². The molecule has 0 aliphatic heterocycles. The van der Waals surface area contributed by atoms with Crippen molar-refractivity contribution in [3.8, 4) is 0 Å². The molecular weight excluding hydrogens is 226 g/mol. The molecule has 0 bridgehead atoms. The Kier molecular flexibility index (Phi) is 2.89. The Morgan fingerprint density at radius 1 is 1.19 bits per heavy atom. The molecular formula is C11H11NO3S. The van der Waals surface area contributed by atoms with Gasteiger partial charge in [0.15, 0.2) is 0 Å². The second-order valence-electron chi connectivity index (χ2n) is 3.51. The van der Waals surface area contributed by atoms with Crippen molar-refractivity contribution in [1.82, 2.24) is 4.98 Å². The van der Waals surface area contributed by atoms with Crippen molar-refractivity contribution in [1.29, 1.82) is 0 Å². The van der Waals surface area contributed by atoms with E-state index in [4.69, 9.17) is 4.55 Å². The number of aromatic nitrogens is 1. The van der Waals surface area contributed by atoms with E-state index in [2.05, 4.69) is 4.98 Å². The van der Waals surface area contributed by atoms with Crippen molar-refractivity contribution in [3.05, 3.63) is 42.2 Å². The number of hydrogen-bond donors (Lipinski definition) is 1. The van der Waals surface area contributed by atoms with Crippen molar-refractivity contribution in [2.45, 2.75) is 6.42 Å². The number of rotatable bonds is 3.